The van der Waals surface area contributed by atoms with Crippen LogP contribution in [0.3, 0.4) is 0 Å². The van der Waals surface area contributed by atoms with Crippen molar-refractivity contribution >= 4 is 11.8 Å². The molecule has 2 unspecified atom stereocenters. The van der Waals surface area contributed by atoms with E-state index in [0.29, 0.717) is 19.6 Å². The Balaban J connectivity index is 1.33. The predicted molar refractivity (Wildman–Crippen MR) is 118 cm³/mol. The molecule has 1 aromatic carbocycles. The molecule has 4 rings (SSSR count). The van der Waals surface area contributed by atoms with E-state index in [1.54, 1.807) is 0 Å². The Labute approximate surface area is 201 Å². The Bertz CT molecular complexity index is 886. The van der Waals surface area contributed by atoms with Gasteiger partial charge < -0.3 is 14.5 Å². The fourth-order valence-corrected chi connectivity index (χ4v) is 5.54. The first-order valence-corrected chi connectivity index (χ1v) is 12.0. The maximum atomic E-state index is 12.7. The van der Waals surface area contributed by atoms with Crippen molar-refractivity contribution in [2.75, 3.05) is 44.2 Å². The molecule has 3 aliphatic rings. The molecule has 3 aliphatic heterocycles. The minimum atomic E-state index is -5.71. The molecular weight excluding hydrogens is 476 g/mol. The number of hydrogen-bond acceptors (Lipinski definition) is 4. The molecule has 0 bridgehead atoms. The van der Waals surface area contributed by atoms with Crippen LogP contribution >= 0.6 is 0 Å². The van der Waals surface area contributed by atoms with Crippen LogP contribution in [0.1, 0.15) is 30.9 Å². The molecular formula is C24H31F6N3O2. The molecule has 0 spiro atoms. The van der Waals surface area contributed by atoms with Gasteiger partial charge in [0.2, 0.25) is 0 Å². The molecule has 3 saturated heterocycles. The molecule has 1 amide bonds. The Morgan fingerprint density at radius 2 is 1.57 bits per heavy atom. The Kier molecular flexibility index (Phi) is 7.19. The zero-order chi connectivity index (χ0) is 25.5. The summed E-state index contributed by atoms with van der Waals surface area (Å²) in [4.78, 5) is 17.7. The first-order valence-electron chi connectivity index (χ1n) is 12.0. The highest BCUT2D eigenvalue weighted by Gasteiger charge is 2.60. The molecule has 0 saturated carbocycles. The summed E-state index contributed by atoms with van der Waals surface area (Å²) in [7, 11) is 0. The van der Waals surface area contributed by atoms with E-state index in [1.165, 1.54) is 29.7 Å². The fraction of sp³-hybridized carbons (Fsp3) is 0.708. The van der Waals surface area contributed by atoms with Gasteiger partial charge in [-0.05, 0) is 54.7 Å². The zero-order valence-electron chi connectivity index (χ0n) is 19.8. The van der Waals surface area contributed by atoms with E-state index in [-0.39, 0.29) is 24.9 Å². The Morgan fingerprint density at radius 1 is 1.00 bits per heavy atom. The number of benzene rings is 1. The van der Waals surface area contributed by atoms with E-state index in [9.17, 15) is 31.1 Å². The van der Waals surface area contributed by atoms with Crippen LogP contribution in [-0.2, 0) is 11.3 Å². The smallest absolute Gasteiger partial charge is 0.426 e. The van der Waals surface area contributed by atoms with Gasteiger partial charge in [-0.15, -0.1) is 0 Å². The third kappa shape index (κ3) is 5.81. The van der Waals surface area contributed by atoms with E-state index in [2.05, 4.69) is 46.6 Å². The third-order valence-corrected chi connectivity index (χ3v) is 7.57. The topological polar surface area (TPSA) is 36.0 Å². The van der Waals surface area contributed by atoms with E-state index < -0.39 is 24.5 Å². The van der Waals surface area contributed by atoms with Crippen LogP contribution in [0.5, 0.6) is 0 Å². The second kappa shape index (κ2) is 9.71. The van der Waals surface area contributed by atoms with E-state index >= 15 is 0 Å². The number of carbonyl (C=O) groups excluding carboxylic acids is 1. The molecule has 1 aromatic rings. The summed E-state index contributed by atoms with van der Waals surface area (Å²) in [6.07, 6.45) is -14.8. The zero-order valence-corrected chi connectivity index (χ0v) is 19.8. The van der Waals surface area contributed by atoms with Gasteiger partial charge in [-0.1, -0.05) is 19.1 Å². The van der Waals surface area contributed by atoms with Gasteiger partial charge in [0.05, 0.1) is 0 Å². The number of hydrogen-bond donors (Lipinski definition) is 0. The van der Waals surface area contributed by atoms with Crippen molar-refractivity contribution in [3.63, 3.8) is 0 Å². The summed E-state index contributed by atoms with van der Waals surface area (Å²) in [5.74, 6) is 0.720. The predicted octanol–water partition coefficient (Wildman–Crippen LogP) is 5.22. The molecule has 196 valence electrons. The number of rotatable bonds is 4. The SMILES string of the molecule is Cc1c(CN2CC3CN(C(=O)OC(C(F)(F)F)C(F)(F)F)CC3C2)cccc1N1CCC(C)CC1. The average molecular weight is 508 g/mol. The van der Waals surface area contributed by atoms with Crippen LogP contribution in [0.15, 0.2) is 18.2 Å². The number of halogens is 6. The fourth-order valence-electron chi connectivity index (χ4n) is 5.54. The van der Waals surface area contributed by atoms with Crippen molar-refractivity contribution in [2.45, 2.75) is 51.7 Å². The quantitative estimate of drug-likeness (QED) is 0.524. The van der Waals surface area contributed by atoms with Crippen LogP contribution in [0.25, 0.3) is 0 Å². The van der Waals surface area contributed by atoms with Gasteiger partial charge in [0.1, 0.15) is 0 Å². The largest absolute Gasteiger partial charge is 0.434 e. The summed E-state index contributed by atoms with van der Waals surface area (Å²) in [6.45, 7) is 8.62. The number of likely N-dealkylation sites (tertiary alicyclic amines) is 2. The van der Waals surface area contributed by atoms with Crippen molar-refractivity contribution in [2.24, 2.45) is 17.8 Å². The van der Waals surface area contributed by atoms with Crippen LogP contribution in [0.2, 0.25) is 0 Å². The average Bonchev–Trinajstić information content (AvgIpc) is 3.31. The van der Waals surface area contributed by atoms with Crippen molar-refractivity contribution in [3.8, 4) is 0 Å². The lowest BCUT2D eigenvalue weighted by Gasteiger charge is -2.34. The van der Waals surface area contributed by atoms with Gasteiger partial charge in [0.15, 0.2) is 0 Å². The second-order valence-electron chi connectivity index (χ2n) is 10.2. The highest BCUT2D eigenvalue weighted by molar-refractivity contribution is 5.68. The number of alkyl halides is 6. The van der Waals surface area contributed by atoms with Crippen molar-refractivity contribution in [1.82, 2.24) is 9.80 Å². The number of anilines is 1. The molecule has 5 nitrogen and oxygen atoms in total. The van der Waals surface area contributed by atoms with Crippen molar-refractivity contribution in [3.05, 3.63) is 29.3 Å². The number of piperidine rings is 1. The molecule has 3 heterocycles. The van der Waals surface area contributed by atoms with Crippen LogP contribution in [-0.4, -0.2) is 73.6 Å². The highest BCUT2D eigenvalue weighted by atomic mass is 19.4. The van der Waals surface area contributed by atoms with Crippen LogP contribution in [0, 0.1) is 24.7 Å². The summed E-state index contributed by atoms with van der Waals surface area (Å²) >= 11 is 0. The van der Waals surface area contributed by atoms with E-state index in [1.807, 2.05) is 0 Å². The van der Waals surface area contributed by atoms with Gasteiger partial charge in [0.25, 0.3) is 6.10 Å². The van der Waals surface area contributed by atoms with Crippen LogP contribution in [0.4, 0.5) is 36.8 Å². The maximum Gasteiger partial charge on any atom is 0.434 e. The standard InChI is InChI=1S/C24H31F6N3O2/c1-15-6-8-32(9-7-15)20-5-3-4-17(16(20)2)10-31-11-18-13-33(14-19(18)12-31)22(34)35-21(23(25,26)27)24(28,29)30/h3-5,15,18-19,21H,6-14H2,1-2H3. The lowest BCUT2D eigenvalue weighted by Crippen LogP contribution is -2.48. The molecule has 0 N–H and O–H groups in total. The van der Waals surface area contributed by atoms with Gasteiger partial charge in [-0.2, -0.15) is 26.3 Å². The number of carbonyl (C=O) groups is 1. The number of ether oxygens (including phenoxy) is 1. The van der Waals surface area contributed by atoms with Crippen molar-refractivity contribution in [1.29, 1.82) is 0 Å². The van der Waals surface area contributed by atoms with E-state index in [4.69, 9.17) is 0 Å². The normalized spacial score (nSPS) is 24.4. The second-order valence-corrected chi connectivity index (χ2v) is 10.2. The number of amides is 1. The monoisotopic (exact) mass is 507 g/mol. The summed E-state index contributed by atoms with van der Waals surface area (Å²) in [5, 5.41) is 0. The molecule has 11 heteroatoms. The molecule has 2 atom stereocenters. The Hall–Kier alpha value is -2.17. The van der Waals surface area contributed by atoms with Crippen molar-refractivity contribution < 1.29 is 35.9 Å². The van der Waals surface area contributed by atoms with Gasteiger partial charge >= 0.3 is 18.4 Å². The maximum absolute atomic E-state index is 12.7. The first kappa shape index (κ1) is 25.9. The molecule has 35 heavy (non-hydrogen) atoms. The summed E-state index contributed by atoms with van der Waals surface area (Å²) < 4.78 is 80.2. The van der Waals surface area contributed by atoms with Crippen LogP contribution < -0.4 is 4.90 Å². The molecule has 3 fully saturated rings. The van der Waals surface area contributed by atoms with Gasteiger partial charge in [0, 0.05) is 51.5 Å². The summed E-state index contributed by atoms with van der Waals surface area (Å²) in [5.41, 5.74) is 3.68. The van der Waals surface area contributed by atoms with E-state index in [0.717, 1.165) is 23.9 Å². The molecule has 0 aromatic heterocycles. The molecule has 0 aliphatic carbocycles. The Morgan fingerprint density at radius 3 is 2.11 bits per heavy atom. The highest BCUT2D eigenvalue weighted by Crippen LogP contribution is 2.38. The third-order valence-electron chi connectivity index (χ3n) is 7.57. The number of nitrogens with zero attached hydrogens (tertiary/aromatic N) is 3. The minimum Gasteiger partial charge on any atom is -0.426 e. The number of fused-ring (bicyclic) bond motifs is 1. The lowest BCUT2D eigenvalue weighted by molar-refractivity contribution is -0.308. The first-order chi connectivity index (χ1) is 16.3. The minimum absolute atomic E-state index is 0.00940. The summed E-state index contributed by atoms with van der Waals surface area (Å²) in [6, 6.07) is 6.30. The molecule has 0 radical (unpaired) electrons. The van der Waals surface area contributed by atoms with Gasteiger partial charge in [-0.25, -0.2) is 4.79 Å². The van der Waals surface area contributed by atoms with Gasteiger partial charge in [-0.3, -0.25) is 4.90 Å². The lowest BCUT2D eigenvalue weighted by atomic mass is 9.97.